The zero-order chi connectivity index (χ0) is 8.60. The van der Waals surface area contributed by atoms with Crippen molar-refractivity contribution in [3.8, 4) is 0 Å². The van der Waals surface area contributed by atoms with E-state index in [-0.39, 0.29) is 6.04 Å². The summed E-state index contributed by atoms with van der Waals surface area (Å²) in [6.45, 7) is 0. The molecule has 0 saturated heterocycles. The highest BCUT2D eigenvalue weighted by atomic mass is 16.3. The van der Waals surface area contributed by atoms with E-state index in [0.717, 1.165) is 12.8 Å². The van der Waals surface area contributed by atoms with Gasteiger partial charge in [-0.2, -0.15) is 0 Å². The Hall–Kier alpha value is -0.0800. The molecule has 2 rings (SSSR count). The van der Waals surface area contributed by atoms with Gasteiger partial charge in [-0.05, 0) is 31.6 Å². The Balaban J connectivity index is 2.14. The van der Waals surface area contributed by atoms with Crippen LogP contribution in [0.15, 0.2) is 0 Å². The lowest BCUT2D eigenvalue weighted by Gasteiger charge is -2.47. The summed E-state index contributed by atoms with van der Waals surface area (Å²) in [7, 11) is 0. The van der Waals surface area contributed by atoms with Crippen LogP contribution in [0.5, 0.6) is 0 Å². The lowest BCUT2D eigenvalue weighted by Crippen LogP contribution is -2.56. The van der Waals surface area contributed by atoms with Crippen LogP contribution in [0.3, 0.4) is 0 Å². The van der Waals surface area contributed by atoms with E-state index in [4.69, 9.17) is 5.73 Å². The molecule has 0 heterocycles. The standard InChI is InChI=1S/C10H19NO/c11-9-6-3-5-8-4-1-2-7-10(8,9)12/h8-9,12H,1-7,11H2/t8-,9-,10-/m0/s1. The molecule has 3 atom stereocenters. The molecule has 0 amide bonds. The van der Waals surface area contributed by atoms with Crippen LogP contribution < -0.4 is 5.73 Å². The Morgan fingerprint density at radius 2 is 1.83 bits per heavy atom. The second-order valence-corrected chi connectivity index (χ2v) is 4.47. The van der Waals surface area contributed by atoms with Crippen LogP contribution in [0.4, 0.5) is 0 Å². The number of hydrogen-bond acceptors (Lipinski definition) is 2. The quantitative estimate of drug-likeness (QED) is 0.576. The summed E-state index contributed by atoms with van der Waals surface area (Å²) in [4.78, 5) is 0. The molecule has 3 N–H and O–H groups in total. The van der Waals surface area contributed by atoms with E-state index in [1.807, 2.05) is 0 Å². The first-order valence-corrected chi connectivity index (χ1v) is 5.21. The van der Waals surface area contributed by atoms with Crippen LogP contribution in [0.25, 0.3) is 0 Å². The van der Waals surface area contributed by atoms with Crippen molar-refractivity contribution in [3.63, 3.8) is 0 Å². The minimum absolute atomic E-state index is 0.0524. The average molecular weight is 169 g/mol. The molecule has 2 saturated carbocycles. The van der Waals surface area contributed by atoms with E-state index in [0.29, 0.717) is 5.92 Å². The highest BCUT2D eigenvalue weighted by Crippen LogP contribution is 2.42. The fourth-order valence-electron chi connectivity index (χ4n) is 2.97. The third-order valence-electron chi connectivity index (χ3n) is 3.80. The summed E-state index contributed by atoms with van der Waals surface area (Å²) < 4.78 is 0. The van der Waals surface area contributed by atoms with Gasteiger partial charge in [0.1, 0.15) is 0 Å². The Morgan fingerprint density at radius 1 is 1.08 bits per heavy atom. The lowest BCUT2D eigenvalue weighted by atomic mass is 9.65. The van der Waals surface area contributed by atoms with Gasteiger partial charge in [0.05, 0.1) is 5.60 Å². The van der Waals surface area contributed by atoms with Crippen molar-refractivity contribution in [1.82, 2.24) is 0 Å². The van der Waals surface area contributed by atoms with E-state index in [9.17, 15) is 5.11 Å². The van der Waals surface area contributed by atoms with Gasteiger partial charge in [-0.1, -0.05) is 19.3 Å². The Bertz CT molecular complexity index is 169. The fraction of sp³-hybridized carbons (Fsp3) is 1.00. The number of aliphatic hydroxyl groups is 1. The largest absolute Gasteiger partial charge is 0.388 e. The summed E-state index contributed by atoms with van der Waals surface area (Å²) in [5, 5.41) is 10.3. The van der Waals surface area contributed by atoms with E-state index in [2.05, 4.69) is 0 Å². The highest BCUT2D eigenvalue weighted by molar-refractivity contribution is 5.00. The van der Waals surface area contributed by atoms with Gasteiger partial charge in [0.2, 0.25) is 0 Å². The molecule has 2 nitrogen and oxygen atoms in total. The first kappa shape index (κ1) is 8.52. The summed E-state index contributed by atoms with van der Waals surface area (Å²) in [5.74, 6) is 0.509. The van der Waals surface area contributed by atoms with Crippen molar-refractivity contribution in [2.45, 2.75) is 56.6 Å². The van der Waals surface area contributed by atoms with Gasteiger partial charge in [0.25, 0.3) is 0 Å². The number of fused-ring (bicyclic) bond motifs is 1. The van der Waals surface area contributed by atoms with Crippen molar-refractivity contribution >= 4 is 0 Å². The van der Waals surface area contributed by atoms with Crippen molar-refractivity contribution in [1.29, 1.82) is 0 Å². The van der Waals surface area contributed by atoms with E-state index in [1.165, 1.54) is 32.1 Å². The number of nitrogens with two attached hydrogens (primary N) is 1. The van der Waals surface area contributed by atoms with Crippen molar-refractivity contribution in [2.75, 3.05) is 0 Å². The zero-order valence-corrected chi connectivity index (χ0v) is 7.63. The van der Waals surface area contributed by atoms with Crippen molar-refractivity contribution < 1.29 is 5.11 Å². The maximum atomic E-state index is 10.3. The van der Waals surface area contributed by atoms with Gasteiger partial charge < -0.3 is 10.8 Å². The molecule has 2 aliphatic carbocycles. The third kappa shape index (κ3) is 1.17. The first-order valence-electron chi connectivity index (χ1n) is 5.21. The van der Waals surface area contributed by atoms with Crippen LogP contribution in [-0.4, -0.2) is 16.7 Å². The van der Waals surface area contributed by atoms with Gasteiger partial charge in [0, 0.05) is 6.04 Å². The second kappa shape index (κ2) is 3.00. The first-order chi connectivity index (χ1) is 5.73. The predicted molar refractivity (Wildman–Crippen MR) is 48.7 cm³/mol. The van der Waals surface area contributed by atoms with E-state index < -0.39 is 5.60 Å². The molecule has 0 aromatic heterocycles. The Morgan fingerprint density at radius 3 is 2.58 bits per heavy atom. The molecule has 0 spiro atoms. The number of hydrogen-bond donors (Lipinski definition) is 2. The fourth-order valence-corrected chi connectivity index (χ4v) is 2.97. The normalized spacial score (nSPS) is 48.5. The third-order valence-corrected chi connectivity index (χ3v) is 3.80. The monoisotopic (exact) mass is 169 g/mol. The Labute approximate surface area is 74.1 Å². The maximum absolute atomic E-state index is 10.3. The molecule has 0 aromatic rings. The predicted octanol–water partition coefficient (Wildman–Crippen LogP) is 1.42. The molecule has 12 heavy (non-hydrogen) atoms. The van der Waals surface area contributed by atoms with E-state index in [1.54, 1.807) is 0 Å². The van der Waals surface area contributed by atoms with Crippen LogP contribution in [0, 0.1) is 5.92 Å². The van der Waals surface area contributed by atoms with E-state index >= 15 is 0 Å². The molecule has 0 bridgehead atoms. The molecule has 0 aromatic carbocycles. The minimum atomic E-state index is -0.490. The van der Waals surface area contributed by atoms with Gasteiger partial charge in [-0.25, -0.2) is 0 Å². The molecule has 2 fully saturated rings. The van der Waals surface area contributed by atoms with Crippen LogP contribution in [0.1, 0.15) is 44.9 Å². The second-order valence-electron chi connectivity index (χ2n) is 4.47. The summed E-state index contributed by atoms with van der Waals surface area (Å²) in [6.07, 6.45) is 8.04. The average Bonchev–Trinajstić information content (AvgIpc) is 2.07. The molecule has 0 radical (unpaired) electrons. The smallest absolute Gasteiger partial charge is 0.0825 e. The minimum Gasteiger partial charge on any atom is -0.388 e. The SMILES string of the molecule is N[C@H]1CCC[C@@H]2CCCC[C@]21O. The molecule has 2 heteroatoms. The molecular formula is C10H19NO. The molecule has 2 aliphatic rings. The van der Waals surface area contributed by atoms with Gasteiger partial charge in [-0.15, -0.1) is 0 Å². The zero-order valence-electron chi connectivity index (χ0n) is 7.63. The summed E-state index contributed by atoms with van der Waals surface area (Å²) in [6, 6.07) is 0.0524. The summed E-state index contributed by atoms with van der Waals surface area (Å²) in [5.41, 5.74) is 5.48. The van der Waals surface area contributed by atoms with Crippen molar-refractivity contribution in [2.24, 2.45) is 11.7 Å². The number of rotatable bonds is 0. The lowest BCUT2D eigenvalue weighted by molar-refractivity contribution is -0.0889. The molecule has 0 aliphatic heterocycles. The van der Waals surface area contributed by atoms with Crippen LogP contribution in [0.2, 0.25) is 0 Å². The topological polar surface area (TPSA) is 46.2 Å². The molecule has 70 valence electrons. The van der Waals surface area contributed by atoms with Crippen molar-refractivity contribution in [3.05, 3.63) is 0 Å². The van der Waals surface area contributed by atoms with Crippen LogP contribution in [-0.2, 0) is 0 Å². The van der Waals surface area contributed by atoms with Gasteiger partial charge in [0.15, 0.2) is 0 Å². The maximum Gasteiger partial charge on any atom is 0.0825 e. The molecule has 0 unspecified atom stereocenters. The highest BCUT2D eigenvalue weighted by Gasteiger charge is 2.45. The van der Waals surface area contributed by atoms with Gasteiger partial charge in [-0.3, -0.25) is 0 Å². The Kier molecular flexibility index (Phi) is 2.13. The summed E-state index contributed by atoms with van der Waals surface area (Å²) >= 11 is 0. The van der Waals surface area contributed by atoms with Crippen LogP contribution >= 0.6 is 0 Å². The van der Waals surface area contributed by atoms with Gasteiger partial charge >= 0.3 is 0 Å². The molecular weight excluding hydrogens is 150 g/mol.